The molecule has 7 aliphatic rings. The molecule has 9 amide bonds. The summed E-state index contributed by atoms with van der Waals surface area (Å²) in [4.78, 5) is 128. The quantitative estimate of drug-likeness (QED) is 0.0204. The number of aromatic hydroxyl groups is 1. The Balaban J connectivity index is 0.768. The van der Waals surface area contributed by atoms with Crippen LogP contribution in [0.2, 0.25) is 0 Å². The van der Waals surface area contributed by atoms with Crippen LogP contribution in [-0.4, -0.2) is 229 Å². The van der Waals surface area contributed by atoms with Gasteiger partial charge in [-0.3, -0.25) is 58.4 Å². The molecule has 9 rings (SSSR count). The van der Waals surface area contributed by atoms with Crippen molar-refractivity contribution in [2.24, 2.45) is 44.5 Å². The van der Waals surface area contributed by atoms with Crippen molar-refractivity contribution in [2.75, 3.05) is 84.5 Å². The van der Waals surface area contributed by atoms with Crippen LogP contribution in [0.5, 0.6) is 5.75 Å². The molecule has 5 aliphatic carbocycles. The van der Waals surface area contributed by atoms with Gasteiger partial charge in [0.05, 0.1) is 82.5 Å². The molecule has 1 unspecified atom stereocenters. The second-order valence-electron chi connectivity index (χ2n) is 31.5. The van der Waals surface area contributed by atoms with Gasteiger partial charge in [0.1, 0.15) is 66.7 Å². The standard InChI is InChI=1S/C79H116N10O20/c1-47(2)65(72(101)82-48(3)70(99)83-51-22-18-49-20-24-59-76(4,53(49)43-51)29-13-31-78(59,6)74(102)87-75(103)79(7)32-14-30-77(5)54-44-52(91)23-19-50(54)21-25-60(77)79)86-71(100)56(84-61(92)28-35-104-37-39-106-41-42-107-40-38-105-36-34-89-63(94)26-27-64(89)95)16-11-12-33-81-62(93)46-108-57-17-10-8-9-15-55(66(57)88-80)85-73-69(98)68(97)67(96)58(45-90)109-73/h18-19,22-23,26-27,43-44,47-48,56-60,65,67-69,73,90-91,96-98H,8-17,20-21,24-25,28-42,45-46,80H2,1-7H3,(H,81,93)(H,82,101)(H,83,99)(H,84,92)(H,86,100)(H,87,102,103)/t48-,56+,57?,58+,59+,60+,65-,67-,68-,69+,73+,76+,77+,78-,79-/m0/s1. The van der Waals surface area contributed by atoms with E-state index in [0.29, 0.717) is 69.2 Å². The predicted octanol–water partition coefficient (Wildman–Crippen LogP) is 3.40. The minimum absolute atomic E-state index is 0.0167. The van der Waals surface area contributed by atoms with Gasteiger partial charge >= 0.3 is 0 Å². The number of carbonyl (C=O) groups excluding carboxylic acids is 9. The number of benzene rings is 2. The molecule has 0 aromatic heterocycles. The molecule has 30 heteroatoms. The van der Waals surface area contributed by atoms with Crippen LogP contribution in [0, 0.1) is 28.6 Å². The highest BCUT2D eigenvalue weighted by Crippen LogP contribution is 2.60. The zero-order valence-corrected chi connectivity index (χ0v) is 64.2. The summed E-state index contributed by atoms with van der Waals surface area (Å²) in [6, 6.07) is 7.97. The van der Waals surface area contributed by atoms with Crippen molar-refractivity contribution in [2.45, 2.75) is 236 Å². The minimum atomic E-state index is -1.65. The van der Waals surface area contributed by atoms with E-state index in [0.717, 1.165) is 73.0 Å². The number of nitrogens with two attached hydrogens (primary N) is 1. The van der Waals surface area contributed by atoms with Gasteiger partial charge in [-0.1, -0.05) is 79.4 Å². The van der Waals surface area contributed by atoms with E-state index in [2.05, 4.69) is 55.8 Å². The van der Waals surface area contributed by atoms with Crippen LogP contribution in [0.4, 0.5) is 5.69 Å². The predicted molar refractivity (Wildman–Crippen MR) is 401 cm³/mol. The van der Waals surface area contributed by atoms with Crippen LogP contribution in [0.3, 0.4) is 0 Å². The van der Waals surface area contributed by atoms with Gasteiger partial charge in [0, 0.05) is 30.8 Å². The average molecular weight is 1530 g/mol. The number of hydrazone groups is 1. The highest BCUT2D eigenvalue weighted by atomic mass is 16.6. The van der Waals surface area contributed by atoms with E-state index >= 15 is 0 Å². The van der Waals surface area contributed by atoms with Crippen molar-refractivity contribution in [3.8, 4) is 5.75 Å². The number of anilines is 1. The lowest BCUT2D eigenvalue weighted by atomic mass is 9.49. The summed E-state index contributed by atoms with van der Waals surface area (Å²) in [7, 11) is 0. The molecule has 2 aromatic rings. The zero-order valence-electron chi connectivity index (χ0n) is 64.2. The molecule has 3 saturated carbocycles. The normalized spacial score (nSPS) is 29.0. The molecule has 0 spiro atoms. The third-order valence-electron chi connectivity index (χ3n) is 23.8. The molecule has 2 heterocycles. The van der Waals surface area contributed by atoms with Crippen molar-refractivity contribution >= 4 is 70.3 Å². The first-order valence-corrected chi connectivity index (χ1v) is 39.0. The first-order valence-electron chi connectivity index (χ1n) is 39.0. The van der Waals surface area contributed by atoms with Crippen LogP contribution in [-0.2, 0) is 95.2 Å². The molecule has 0 radical (unpaired) electrons. The summed E-state index contributed by atoms with van der Waals surface area (Å²) in [5.41, 5.74) is 2.93. The first-order chi connectivity index (χ1) is 52.1. The summed E-state index contributed by atoms with van der Waals surface area (Å²) in [5, 5.41) is 72.9. The van der Waals surface area contributed by atoms with Gasteiger partial charge in [0.15, 0.2) is 6.23 Å². The van der Waals surface area contributed by atoms with Crippen LogP contribution < -0.4 is 37.7 Å². The maximum absolute atomic E-state index is 14.9. The van der Waals surface area contributed by atoms with E-state index in [1.165, 1.54) is 24.6 Å². The number of aliphatic hydroxyl groups is 4. The van der Waals surface area contributed by atoms with Gasteiger partial charge in [0.25, 0.3) is 11.8 Å². The van der Waals surface area contributed by atoms with Gasteiger partial charge < -0.3 is 86.4 Å². The van der Waals surface area contributed by atoms with Crippen molar-refractivity contribution in [1.82, 2.24) is 31.5 Å². The number of aliphatic hydroxyl groups excluding tert-OH is 4. The third-order valence-corrected chi connectivity index (χ3v) is 23.8. The molecule has 602 valence electrons. The Kier molecular flexibility index (Phi) is 30.5. The van der Waals surface area contributed by atoms with E-state index in [4.69, 9.17) is 34.3 Å². The number of amides is 9. The highest BCUT2D eigenvalue weighted by Gasteiger charge is 2.59. The number of nitrogens with zero attached hydrogens (tertiary/aromatic N) is 3. The van der Waals surface area contributed by atoms with Crippen LogP contribution in [0.25, 0.3) is 0 Å². The SMILES string of the molecule is CC(C)[C@H](NC(=O)[C@@H](CCCCNC(=O)COC1CCCCCC(=N[C@@H]2O[C@H](CO)[C@H](O)[C@H](O)[C@H]2O)C1=NN)NC(=O)CCOCCOCCOCCOCCN1C(=O)C=CC1=O)C(=O)N[C@@H](C)C(=O)Nc1ccc2c(c1)[C@@]1(C)CCC[C@](C)(C(=O)NC(=O)[C@@]3(C)CCC[C@]4(C)c5cc(O)ccc5CC[C@@H]34)[C@@H]1CC2. The lowest BCUT2D eigenvalue weighted by molar-refractivity contribution is -0.226. The van der Waals surface area contributed by atoms with Crippen molar-refractivity contribution < 1.29 is 97.1 Å². The molecule has 0 bridgehead atoms. The van der Waals surface area contributed by atoms with E-state index in [-0.39, 0.29) is 131 Å². The maximum atomic E-state index is 14.9. The molecule has 2 aromatic carbocycles. The lowest BCUT2D eigenvalue weighted by Crippen LogP contribution is -2.60. The molecular formula is C79H116N10O20. The number of unbranched alkanes of at least 4 members (excludes halogenated alkanes) is 1. The number of hydrogen-bond acceptors (Lipinski definition) is 23. The van der Waals surface area contributed by atoms with E-state index in [1.807, 2.05) is 44.2 Å². The topological polar surface area (TPSA) is 436 Å². The zero-order chi connectivity index (χ0) is 78.8. The van der Waals surface area contributed by atoms with E-state index in [9.17, 15) is 68.7 Å². The van der Waals surface area contributed by atoms with Crippen LogP contribution in [0.1, 0.15) is 180 Å². The Bertz CT molecular complexity index is 3630. The highest BCUT2D eigenvalue weighted by molar-refractivity contribution is 6.44. The molecule has 4 fully saturated rings. The largest absolute Gasteiger partial charge is 0.508 e. The summed E-state index contributed by atoms with van der Waals surface area (Å²) >= 11 is 0. The number of carbonyl (C=O) groups is 9. The molecule has 2 aliphatic heterocycles. The van der Waals surface area contributed by atoms with Crippen molar-refractivity contribution in [1.29, 1.82) is 0 Å². The molecule has 13 N–H and O–H groups in total. The number of imide groups is 2. The summed E-state index contributed by atoms with van der Waals surface area (Å²) in [5.74, 6) is 1.36. The monoisotopic (exact) mass is 1520 g/mol. The number of fused-ring (bicyclic) bond motifs is 6. The Morgan fingerprint density at radius 2 is 1.25 bits per heavy atom. The number of ether oxygens (including phenoxy) is 6. The number of aryl methyl sites for hydroxylation is 2. The van der Waals surface area contributed by atoms with Gasteiger partial charge in [-0.15, -0.1) is 0 Å². The smallest absolute Gasteiger partial charge is 0.253 e. The average Bonchev–Trinajstić information content (AvgIpc) is 0.827. The molecule has 30 nitrogen and oxygen atoms in total. The number of hydrogen-bond donors (Lipinski definition) is 12. The number of nitrogens with one attached hydrogen (secondary N) is 6. The maximum Gasteiger partial charge on any atom is 0.253 e. The molecule has 15 atom stereocenters. The Labute approximate surface area is 637 Å². The van der Waals surface area contributed by atoms with E-state index < -0.39 is 120 Å². The van der Waals surface area contributed by atoms with Crippen LogP contribution in [0.15, 0.2) is 58.6 Å². The Morgan fingerprint density at radius 1 is 0.651 bits per heavy atom. The molecular weight excluding hydrogens is 1410 g/mol. The van der Waals surface area contributed by atoms with Crippen molar-refractivity contribution in [3.63, 3.8) is 0 Å². The molecule has 1 saturated heterocycles. The second-order valence-corrected chi connectivity index (χ2v) is 31.5. The summed E-state index contributed by atoms with van der Waals surface area (Å²) in [6.07, 6.45) is 5.28. The fraction of sp³-hybridized carbons (Fsp3) is 0.684. The first kappa shape index (κ1) is 85.4. The van der Waals surface area contributed by atoms with E-state index in [1.54, 1.807) is 19.9 Å². The lowest BCUT2D eigenvalue weighted by Gasteiger charge is -2.56. The fourth-order valence-electron chi connectivity index (χ4n) is 17.6. The Morgan fingerprint density at radius 3 is 1.85 bits per heavy atom. The number of phenols is 1. The summed E-state index contributed by atoms with van der Waals surface area (Å²) in [6.45, 7) is 14.2. The third kappa shape index (κ3) is 20.9. The van der Waals surface area contributed by atoms with Gasteiger partial charge in [0.2, 0.25) is 41.4 Å². The minimum Gasteiger partial charge on any atom is -0.508 e. The fourth-order valence-corrected chi connectivity index (χ4v) is 17.6. The van der Waals surface area contributed by atoms with Crippen LogP contribution >= 0.6 is 0 Å². The van der Waals surface area contributed by atoms with Crippen molar-refractivity contribution in [3.05, 3.63) is 70.8 Å². The Hall–Kier alpha value is -7.65. The van der Waals surface area contributed by atoms with Gasteiger partial charge in [-0.05, 0) is 172 Å². The van der Waals surface area contributed by atoms with Gasteiger partial charge in [-0.2, -0.15) is 5.10 Å². The summed E-state index contributed by atoms with van der Waals surface area (Å²) < 4.78 is 33.9. The second kappa shape index (κ2) is 39.0. The molecule has 109 heavy (non-hydrogen) atoms. The van der Waals surface area contributed by atoms with Gasteiger partial charge in [-0.25, -0.2) is 0 Å². The number of aliphatic imine (C=N–C) groups is 1. The number of phenolic OH excluding ortho intramolecular Hbond substituents is 1. The number of rotatable bonds is 35.